The summed E-state index contributed by atoms with van der Waals surface area (Å²) in [5.41, 5.74) is 3.16. The summed E-state index contributed by atoms with van der Waals surface area (Å²) >= 11 is 0. The van der Waals surface area contributed by atoms with Gasteiger partial charge in [0.05, 0.1) is 38.2 Å². The second kappa shape index (κ2) is 10.1. The molecule has 0 aliphatic heterocycles. The molecule has 2 fully saturated rings. The number of fused-ring (bicyclic) bond motifs is 2. The van der Waals surface area contributed by atoms with Crippen molar-refractivity contribution >= 4 is 23.5 Å². The van der Waals surface area contributed by atoms with E-state index in [1.54, 1.807) is 36.5 Å². The molecule has 0 amide bonds. The average Bonchev–Trinajstić information content (AvgIpc) is 3.13. The first kappa shape index (κ1) is 28.3. The van der Waals surface area contributed by atoms with Crippen LogP contribution in [0.3, 0.4) is 0 Å². The molecule has 0 spiro atoms. The smallest absolute Gasteiger partial charge is 0.339 e. The molecule has 0 N–H and O–H groups in total. The van der Waals surface area contributed by atoms with Crippen LogP contribution in [0.25, 0.3) is 0 Å². The van der Waals surface area contributed by atoms with Crippen LogP contribution in [0.4, 0.5) is 0 Å². The minimum Gasteiger partial charge on any atom is -0.467 e. The van der Waals surface area contributed by atoms with E-state index in [9.17, 15) is 29.7 Å². The van der Waals surface area contributed by atoms with Crippen molar-refractivity contribution in [2.45, 2.75) is 27.7 Å². The van der Waals surface area contributed by atoms with Gasteiger partial charge in [-0.2, -0.15) is 10.5 Å². The van der Waals surface area contributed by atoms with Gasteiger partial charge in [-0.3, -0.25) is 9.59 Å². The molecular formula is C32H28N2O6. The van der Waals surface area contributed by atoms with Crippen LogP contribution in [0, 0.1) is 57.2 Å². The third kappa shape index (κ3) is 3.66. The normalized spacial score (nSPS) is 28.6. The van der Waals surface area contributed by atoms with Crippen molar-refractivity contribution in [2.24, 2.45) is 34.5 Å². The summed E-state index contributed by atoms with van der Waals surface area (Å²) in [4.78, 5) is 55.1. The molecule has 2 unspecified atom stereocenters. The highest BCUT2D eigenvalue weighted by molar-refractivity contribution is 6.22. The van der Waals surface area contributed by atoms with E-state index in [4.69, 9.17) is 9.47 Å². The zero-order valence-corrected chi connectivity index (χ0v) is 23.1. The largest absolute Gasteiger partial charge is 0.467 e. The molecular weight excluding hydrogens is 508 g/mol. The number of methoxy groups -OCH3 is 2. The van der Waals surface area contributed by atoms with Gasteiger partial charge in [0.1, 0.15) is 0 Å². The molecule has 4 aliphatic carbocycles. The number of carbonyl (C=O) groups is 4. The molecule has 0 saturated heterocycles. The molecule has 0 aromatic heterocycles. The lowest BCUT2D eigenvalue weighted by Gasteiger charge is -2.21. The van der Waals surface area contributed by atoms with E-state index in [-0.39, 0.29) is 34.1 Å². The number of allylic oxidation sites excluding steroid dienone is 8. The Bertz CT molecular complexity index is 1480. The first-order valence-electron chi connectivity index (χ1n) is 12.9. The molecule has 8 nitrogen and oxygen atoms in total. The SMILES string of the molecule is COC(=O)C1(C#N)C(=O)[C@H]([C@H]2C(=O)C(C#N)(C(=O)OC)C3=C=C(C(C)C)C=CC=C32)C2=CC=CC(C(C)C)=C=C21. The van der Waals surface area contributed by atoms with Crippen molar-refractivity contribution in [3.63, 3.8) is 0 Å². The first-order valence-corrected chi connectivity index (χ1v) is 12.9. The summed E-state index contributed by atoms with van der Waals surface area (Å²) < 4.78 is 9.90. The van der Waals surface area contributed by atoms with Crippen LogP contribution in [-0.2, 0) is 28.7 Å². The molecule has 40 heavy (non-hydrogen) atoms. The Labute approximate surface area is 232 Å². The fraction of sp³-hybridized carbons (Fsp3) is 0.375. The van der Waals surface area contributed by atoms with E-state index in [2.05, 4.69) is 11.5 Å². The van der Waals surface area contributed by atoms with E-state index in [1.807, 2.05) is 39.8 Å². The third-order valence-electron chi connectivity index (χ3n) is 7.84. The monoisotopic (exact) mass is 536 g/mol. The zero-order chi connectivity index (χ0) is 29.6. The molecule has 202 valence electrons. The van der Waals surface area contributed by atoms with Gasteiger partial charge >= 0.3 is 11.9 Å². The number of carbonyl (C=O) groups excluding carboxylic acids is 4. The van der Waals surface area contributed by atoms with Gasteiger partial charge in [-0.1, -0.05) is 64.2 Å². The van der Waals surface area contributed by atoms with Gasteiger partial charge in [0.15, 0.2) is 11.6 Å². The minimum absolute atomic E-state index is 0.000388. The fourth-order valence-electron chi connectivity index (χ4n) is 5.69. The van der Waals surface area contributed by atoms with Gasteiger partial charge in [0, 0.05) is 11.1 Å². The number of ether oxygens (including phenoxy) is 2. The summed E-state index contributed by atoms with van der Waals surface area (Å²) in [6.07, 6.45) is 10.00. The quantitative estimate of drug-likeness (QED) is 0.293. The molecule has 8 heteroatoms. The van der Waals surface area contributed by atoms with Crippen LogP contribution in [-0.4, -0.2) is 37.7 Å². The van der Waals surface area contributed by atoms with Crippen LogP contribution in [0.1, 0.15) is 27.7 Å². The van der Waals surface area contributed by atoms with Crippen LogP contribution in [0.2, 0.25) is 0 Å². The number of nitrogens with zero attached hydrogens (tertiary/aromatic N) is 2. The van der Waals surface area contributed by atoms with Crippen LogP contribution < -0.4 is 0 Å². The van der Waals surface area contributed by atoms with Crippen molar-refractivity contribution < 1.29 is 28.7 Å². The van der Waals surface area contributed by atoms with Crippen molar-refractivity contribution in [1.82, 2.24) is 0 Å². The van der Waals surface area contributed by atoms with Gasteiger partial charge in [0.2, 0.25) is 10.8 Å². The van der Waals surface area contributed by atoms with Crippen LogP contribution in [0.15, 0.2) is 81.4 Å². The standard InChI is InChI=1S/C32H28N2O6/c1-17(2)19-9-7-11-21-23(13-19)31(15-33,29(37)39-5)27(35)25(21)26-22-12-8-10-20(18(3)4)14-24(22)32(16-34,28(26)36)30(38)40-6/h7-12,17-18,25-26H,1-6H3/t25-,26-,31?,32?/m0/s1. The zero-order valence-electron chi connectivity index (χ0n) is 23.1. The highest BCUT2D eigenvalue weighted by Gasteiger charge is 2.70. The number of ketones is 2. The predicted molar refractivity (Wildman–Crippen MR) is 142 cm³/mol. The lowest BCUT2D eigenvalue weighted by Crippen LogP contribution is -2.42. The van der Waals surface area contributed by atoms with E-state index in [0.29, 0.717) is 11.1 Å². The lowest BCUT2D eigenvalue weighted by molar-refractivity contribution is -0.155. The van der Waals surface area contributed by atoms with E-state index >= 15 is 0 Å². The Morgan fingerprint density at radius 2 is 1.12 bits per heavy atom. The second-order valence-corrected chi connectivity index (χ2v) is 10.6. The molecule has 0 aromatic rings. The Morgan fingerprint density at radius 1 is 0.775 bits per heavy atom. The predicted octanol–water partition coefficient (Wildman–Crippen LogP) is 3.96. The fourth-order valence-corrected chi connectivity index (χ4v) is 5.69. The number of hydrogen-bond acceptors (Lipinski definition) is 8. The average molecular weight is 537 g/mol. The number of nitriles is 2. The van der Waals surface area contributed by atoms with Crippen molar-refractivity contribution in [2.75, 3.05) is 14.2 Å². The second-order valence-electron chi connectivity index (χ2n) is 10.6. The van der Waals surface area contributed by atoms with E-state index in [0.717, 1.165) is 14.2 Å². The Balaban J connectivity index is 2.12. The summed E-state index contributed by atoms with van der Waals surface area (Å²) in [6.45, 7) is 7.59. The number of hydrogen-bond donors (Lipinski definition) is 0. The summed E-state index contributed by atoms with van der Waals surface area (Å²) in [5.74, 6) is -6.87. The molecule has 0 heterocycles. The van der Waals surface area contributed by atoms with E-state index in [1.165, 1.54) is 0 Å². The minimum atomic E-state index is -2.40. The highest BCUT2D eigenvalue weighted by Crippen LogP contribution is 2.58. The number of esters is 2. The summed E-state index contributed by atoms with van der Waals surface area (Å²) in [6, 6.07) is 3.75. The maximum absolute atomic E-state index is 14.3. The van der Waals surface area contributed by atoms with Gasteiger partial charge < -0.3 is 9.47 Å². The Morgan fingerprint density at radius 3 is 1.40 bits per heavy atom. The molecule has 4 rings (SSSR count). The third-order valence-corrected chi connectivity index (χ3v) is 7.84. The Hall–Kier alpha value is -4.74. The van der Waals surface area contributed by atoms with Crippen molar-refractivity contribution in [3.8, 4) is 12.1 Å². The highest BCUT2D eigenvalue weighted by atomic mass is 16.5. The molecule has 2 saturated carbocycles. The number of rotatable bonds is 5. The maximum atomic E-state index is 14.3. The first-order chi connectivity index (χ1) is 19.0. The Kier molecular flexibility index (Phi) is 7.14. The number of Topliss-reactive ketones (excluding diaryl/α,β-unsaturated/α-hetero) is 2. The molecule has 0 bridgehead atoms. The molecule has 0 aromatic carbocycles. The van der Waals surface area contributed by atoms with Crippen LogP contribution >= 0.6 is 0 Å². The molecule has 4 aliphatic rings. The van der Waals surface area contributed by atoms with Gasteiger partial charge in [-0.25, -0.2) is 9.59 Å². The van der Waals surface area contributed by atoms with Gasteiger partial charge in [-0.15, -0.1) is 11.5 Å². The van der Waals surface area contributed by atoms with Crippen LogP contribution in [0.5, 0.6) is 0 Å². The van der Waals surface area contributed by atoms with Gasteiger partial charge in [-0.05, 0) is 34.1 Å². The summed E-state index contributed by atoms with van der Waals surface area (Å²) in [5, 5.41) is 20.7. The van der Waals surface area contributed by atoms with Gasteiger partial charge in [0.25, 0.3) is 0 Å². The molecule has 4 atom stereocenters. The lowest BCUT2D eigenvalue weighted by atomic mass is 9.77. The maximum Gasteiger partial charge on any atom is 0.339 e. The molecule has 0 radical (unpaired) electrons. The van der Waals surface area contributed by atoms with Crippen molar-refractivity contribution in [3.05, 3.63) is 81.4 Å². The van der Waals surface area contributed by atoms with E-state index < -0.39 is 46.2 Å². The topological polar surface area (TPSA) is 134 Å². The summed E-state index contributed by atoms with van der Waals surface area (Å²) in [7, 11) is 2.15. The van der Waals surface area contributed by atoms with Crippen molar-refractivity contribution in [1.29, 1.82) is 10.5 Å².